The number of halogens is 1. The van der Waals surface area contributed by atoms with Crippen LogP contribution in [0.5, 0.6) is 5.75 Å². The van der Waals surface area contributed by atoms with E-state index in [0.717, 1.165) is 9.87 Å². The molecule has 1 aliphatic rings. The fourth-order valence-corrected chi connectivity index (χ4v) is 5.64. The van der Waals surface area contributed by atoms with Crippen LogP contribution in [0, 0.1) is 5.82 Å². The van der Waals surface area contributed by atoms with Gasteiger partial charge in [-0.1, -0.05) is 30.3 Å². The molecule has 1 amide bonds. The second-order valence-electron chi connectivity index (χ2n) is 8.97. The van der Waals surface area contributed by atoms with Crippen LogP contribution < -0.4 is 10.1 Å². The van der Waals surface area contributed by atoms with Gasteiger partial charge in [0.05, 0.1) is 25.2 Å². The number of methoxy groups -OCH3 is 1. The molecule has 0 aliphatic carbocycles. The predicted molar refractivity (Wildman–Crippen MR) is 147 cm³/mol. The molecule has 2 N–H and O–H groups in total. The van der Waals surface area contributed by atoms with Crippen molar-refractivity contribution >= 4 is 21.6 Å². The standard InChI is InChI=1S/C29H31FN2O7S/c1-37-25-11-13-26(14-12-25)40(35,36)32(15-17-33)16-18-38-28-20-22(21-7-9-23(30)10-8-21)19-27(39-28)29(34)31-24-5-3-2-4-6-24/h2-14,19,22,28,33H,15-18,20H2,1H3,(H,31,34)/t22-,28+/m1/s1. The minimum atomic E-state index is -3.92. The average molecular weight is 571 g/mol. The molecule has 2 atom stereocenters. The normalized spacial score (nSPS) is 17.1. The van der Waals surface area contributed by atoms with E-state index in [-0.39, 0.29) is 48.7 Å². The third-order valence-corrected chi connectivity index (χ3v) is 8.21. The van der Waals surface area contributed by atoms with Crippen LogP contribution in [0.15, 0.2) is 95.6 Å². The van der Waals surface area contributed by atoms with Crippen LogP contribution in [0.2, 0.25) is 0 Å². The number of allylic oxidation sites excluding steroid dienone is 1. The number of carbonyl (C=O) groups excluding carboxylic acids is 1. The molecule has 0 fully saturated rings. The number of para-hydroxylation sites is 1. The Hall–Kier alpha value is -3.77. The molecule has 0 saturated carbocycles. The molecule has 0 radical (unpaired) electrons. The number of carbonyl (C=O) groups is 1. The van der Waals surface area contributed by atoms with Crippen molar-refractivity contribution in [3.63, 3.8) is 0 Å². The second-order valence-corrected chi connectivity index (χ2v) is 10.9. The SMILES string of the molecule is COc1ccc(S(=O)(=O)N(CCO)CCO[C@@H]2C[C@H](c3ccc(F)cc3)C=C(C(=O)Nc3ccccc3)O2)cc1. The molecule has 11 heteroatoms. The van der Waals surface area contributed by atoms with Crippen molar-refractivity contribution in [2.45, 2.75) is 23.5 Å². The van der Waals surface area contributed by atoms with Crippen LogP contribution in [0.4, 0.5) is 10.1 Å². The van der Waals surface area contributed by atoms with Gasteiger partial charge < -0.3 is 24.6 Å². The molecule has 9 nitrogen and oxygen atoms in total. The molecule has 0 aromatic heterocycles. The highest BCUT2D eigenvalue weighted by Crippen LogP contribution is 2.32. The zero-order chi connectivity index (χ0) is 28.5. The monoisotopic (exact) mass is 570 g/mol. The maximum absolute atomic E-state index is 13.5. The van der Waals surface area contributed by atoms with Gasteiger partial charge in [0.25, 0.3) is 5.91 Å². The molecular formula is C29H31FN2O7S. The number of sulfonamides is 1. The Labute approximate surface area is 232 Å². The van der Waals surface area contributed by atoms with Gasteiger partial charge in [0.2, 0.25) is 16.3 Å². The number of ether oxygens (including phenoxy) is 3. The maximum atomic E-state index is 13.5. The lowest BCUT2D eigenvalue weighted by atomic mass is 9.93. The Kier molecular flexibility index (Phi) is 9.88. The highest BCUT2D eigenvalue weighted by atomic mass is 32.2. The first-order valence-electron chi connectivity index (χ1n) is 12.7. The Morgan fingerprint density at radius 2 is 1.75 bits per heavy atom. The van der Waals surface area contributed by atoms with Crippen LogP contribution >= 0.6 is 0 Å². The molecule has 4 rings (SSSR count). The molecule has 1 heterocycles. The van der Waals surface area contributed by atoms with Gasteiger partial charge in [0.15, 0.2) is 5.76 Å². The number of anilines is 1. The summed E-state index contributed by atoms with van der Waals surface area (Å²) in [6.07, 6.45) is 1.10. The van der Waals surface area contributed by atoms with Gasteiger partial charge in [0, 0.05) is 31.1 Å². The number of amides is 1. The first kappa shape index (κ1) is 29.2. The van der Waals surface area contributed by atoms with E-state index in [1.165, 1.54) is 31.4 Å². The van der Waals surface area contributed by atoms with E-state index in [4.69, 9.17) is 14.2 Å². The molecule has 3 aromatic rings. The van der Waals surface area contributed by atoms with E-state index >= 15 is 0 Å². The number of nitrogens with zero attached hydrogens (tertiary/aromatic N) is 1. The van der Waals surface area contributed by atoms with Crippen molar-refractivity contribution in [3.8, 4) is 5.75 Å². The van der Waals surface area contributed by atoms with E-state index in [9.17, 15) is 22.7 Å². The highest BCUT2D eigenvalue weighted by Gasteiger charge is 2.30. The molecule has 3 aromatic carbocycles. The van der Waals surface area contributed by atoms with Gasteiger partial charge in [-0.2, -0.15) is 4.31 Å². The van der Waals surface area contributed by atoms with E-state index in [1.54, 1.807) is 54.6 Å². The molecule has 212 valence electrons. The van der Waals surface area contributed by atoms with Crippen LogP contribution in [0.3, 0.4) is 0 Å². The van der Waals surface area contributed by atoms with E-state index in [0.29, 0.717) is 17.9 Å². The van der Waals surface area contributed by atoms with Crippen LogP contribution in [0.1, 0.15) is 17.9 Å². The summed E-state index contributed by atoms with van der Waals surface area (Å²) in [5.74, 6) is -0.617. The van der Waals surface area contributed by atoms with Crippen molar-refractivity contribution in [2.75, 3.05) is 38.7 Å². The number of rotatable bonds is 12. The molecule has 0 saturated heterocycles. The number of nitrogens with one attached hydrogen (secondary N) is 1. The van der Waals surface area contributed by atoms with Gasteiger partial charge in [-0.3, -0.25) is 4.79 Å². The van der Waals surface area contributed by atoms with E-state index < -0.39 is 22.2 Å². The van der Waals surface area contributed by atoms with E-state index in [1.807, 2.05) is 6.07 Å². The van der Waals surface area contributed by atoms with Gasteiger partial charge in [-0.15, -0.1) is 0 Å². The van der Waals surface area contributed by atoms with Gasteiger partial charge in [0.1, 0.15) is 11.6 Å². The lowest BCUT2D eigenvalue weighted by Gasteiger charge is -2.30. The molecule has 0 unspecified atom stereocenters. The summed E-state index contributed by atoms with van der Waals surface area (Å²) in [6.45, 7) is -0.643. The first-order chi connectivity index (χ1) is 19.3. The molecular weight excluding hydrogens is 539 g/mol. The van der Waals surface area contributed by atoms with Crippen LogP contribution in [0.25, 0.3) is 0 Å². The number of aliphatic hydroxyl groups is 1. The molecule has 40 heavy (non-hydrogen) atoms. The second kappa shape index (κ2) is 13.5. The predicted octanol–water partition coefficient (Wildman–Crippen LogP) is 3.89. The number of aliphatic hydroxyl groups excluding tert-OH is 1. The lowest BCUT2D eigenvalue weighted by Crippen LogP contribution is -2.37. The van der Waals surface area contributed by atoms with Crippen molar-refractivity contribution in [1.29, 1.82) is 0 Å². The number of hydrogen-bond donors (Lipinski definition) is 2. The topological polar surface area (TPSA) is 114 Å². The number of benzene rings is 3. The minimum absolute atomic E-state index is 0.0347. The summed E-state index contributed by atoms with van der Waals surface area (Å²) < 4.78 is 57.9. The van der Waals surface area contributed by atoms with Crippen molar-refractivity contribution in [2.24, 2.45) is 0 Å². The summed E-state index contributed by atoms with van der Waals surface area (Å²) >= 11 is 0. The van der Waals surface area contributed by atoms with Gasteiger partial charge in [-0.25, -0.2) is 12.8 Å². The lowest BCUT2D eigenvalue weighted by molar-refractivity contribution is -0.143. The Bertz CT molecular complexity index is 1400. The third kappa shape index (κ3) is 7.45. The van der Waals surface area contributed by atoms with Crippen molar-refractivity contribution in [3.05, 3.63) is 102 Å². The van der Waals surface area contributed by atoms with Crippen LogP contribution in [-0.4, -0.2) is 63.4 Å². The Morgan fingerprint density at radius 1 is 1.05 bits per heavy atom. The molecule has 0 spiro atoms. The summed E-state index contributed by atoms with van der Waals surface area (Å²) in [7, 11) is -2.44. The summed E-state index contributed by atoms with van der Waals surface area (Å²) in [6, 6.07) is 20.8. The zero-order valence-corrected chi connectivity index (χ0v) is 22.7. The largest absolute Gasteiger partial charge is 0.497 e. The maximum Gasteiger partial charge on any atom is 0.290 e. The zero-order valence-electron chi connectivity index (χ0n) is 21.9. The smallest absolute Gasteiger partial charge is 0.290 e. The quantitative estimate of drug-likeness (QED) is 0.340. The van der Waals surface area contributed by atoms with Crippen LogP contribution in [-0.2, 0) is 24.3 Å². The summed E-state index contributed by atoms with van der Waals surface area (Å²) in [4.78, 5) is 13.1. The molecule has 1 aliphatic heterocycles. The average Bonchev–Trinajstić information content (AvgIpc) is 2.97. The number of hydrogen-bond acceptors (Lipinski definition) is 7. The van der Waals surface area contributed by atoms with Gasteiger partial charge in [-0.05, 0) is 60.2 Å². The highest BCUT2D eigenvalue weighted by molar-refractivity contribution is 7.89. The fourth-order valence-electron chi connectivity index (χ4n) is 4.22. The third-order valence-electron chi connectivity index (χ3n) is 6.30. The Balaban J connectivity index is 1.46. The van der Waals surface area contributed by atoms with E-state index in [2.05, 4.69) is 5.32 Å². The first-order valence-corrected chi connectivity index (χ1v) is 14.1. The summed E-state index contributed by atoms with van der Waals surface area (Å²) in [5, 5.41) is 12.3. The minimum Gasteiger partial charge on any atom is -0.497 e. The Morgan fingerprint density at radius 3 is 2.40 bits per heavy atom. The van der Waals surface area contributed by atoms with Crippen molar-refractivity contribution < 1.29 is 36.9 Å². The summed E-state index contributed by atoms with van der Waals surface area (Å²) in [5.41, 5.74) is 1.36. The molecule has 0 bridgehead atoms. The van der Waals surface area contributed by atoms with Crippen molar-refractivity contribution in [1.82, 2.24) is 4.31 Å². The fraction of sp³-hybridized carbons (Fsp3) is 0.276. The van der Waals surface area contributed by atoms with Gasteiger partial charge >= 0.3 is 0 Å².